The van der Waals surface area contributed by atoms with Gasteiger partial charge in [-0.1, -0.05) is 0 Å². The van der Waals surface area contributed by atoms with E-state index < -0.39 is 10.0 Å². The largest absolute Gasteiger partial charge is 0.492 e. The Morgan fingerprint density at radius 1 is 1.15 bits per heavy atom. The molecule has 0 unspecified atom stereocenters. The number of nitrogens with one attached hydrogen (secondary N) is 1. The minimum Gasteiger partial charge on any atom is -0.492 e. The summed E-state index contributed by atoms with van der Waals surface area (Å²) >= 11 is 0. The number of sulfonamides is 1. The number of rotatable bonds is 10. The fraction of sp³-hybridized carbons (Fsp3) is 0.500. The Morgan fingerprint density at radius 2 is 1.85 bits per heavy atom. The van der Waals surface area contributed by atoms with E-state index in [2.05, 4.69) is 4.72 Å². The van der Waals surface area contributed by atoms with Crippen LogP contribution in [0.15, 0.2) is 24.3 Å². The molecule has 0 aliphatic heterocycles. The van der Waals surface area contributed by atoms with Gasteiger partial charge in [0.1, 0.15) is 12.4 Å². The highest BCUT2D eigenvalue weighted by atomic mass is 32.2. The summed E-state index contributed by atoms with van der Waals surface area (Å²) in [5.74, 6) is 0.429. The van der Waals surface area contributed by atoms with Gasteiger partial charge in [-0.05, 0) is 24.3 Å². The topological polar surface area (TPSA) is 111 Å². The van der Waals surface area contributed by atoms with E-state index in [1.807, 2.05) is 0 Å². The molecule has 0 spiro atoms. The molecule has 7 nitrogen and oxygen atoms in total. The highest BCUT2D eigenvalue weighted by Crippen LogP contribution is 2.12. The highest BCUT2D eigenvalue weighted by molar-refractivity contribution is 7.89. The molecule has 0 fully saturated rings. The van der Waals surface area contributed by atoms with Gasteiger partial charge in [0.05, 0.1) is 25.6 Å². The van der Waals surface area contributed by atoms with Gasteiger partial charge in [0.2, 0.25) is 10.0 Å². The Hall–Kier alpha value is -1.35. The van der Waals surface area contributed by atoms with Crippen LogP contribution < -0.4 is 15.2 Å². The van der Waals surface area contributed by atoms with Crippen LogP contribution in [0.1, 0.15) is 0 Å². The monoisotopic (exact) mass is 304 g/mol. The first-order valence-corrected chi connectivity index (χ1v) is 7.83. The standard InChI is InChI=1S/C12H20N2O5S/c13-11-1-3-12(4-2-11)19-9-10-20(16,17)14-5-7-18-8-6-15/h1-4,14-15H,5-10,13H2. The minimum atomic E-state index is -3.39. The van der Waals surface area contributed by atoms with Gasteiger partial charge in [0.15, 0.2) is 0 Å². The number of hydrogen-bond acceptors (Lipinski definition) is 6. The fourth-order valence-electron chi connectivity index (χ4n) is 1.34. The first-order chi connectivity index (χ1) is 9.53. The van der Waals surface area contributed by atoms with Crippen molar-refractivity contribution in [2.45, 2.75) is 0 Å². The lowest BCUT2D eigenvalue weighted by molar-refractivity contribution is 0.0961. The van der Waals surface area contributed by atoms with Crippen molar-refractivity contribution >= 4 is 15.7 Å². The second kappa shape index (κ2) is 8.75. The zero-order valence-corrected chi connectivity index (χ0v) is 11.9. The van der Waals surface area contributed by atoms with Crippen LogP contribution in [-0.2, 0) is 14.8 Å². The molecule has 20 heavy (non-hydrogen) atoms. The van der Waals surface area contributed by atoms with Gasteiger partial charge in [-0.3, -0.25) is 0 Å². The van der Waals surface area contributed by atoms with Crippen molar-refractivity contribution in [2.24, 2.45) is 0 Å². The van der Waals surface area contributed by atoms with Crippen LogP contribution in [0.5, 0.6) is 5.75 Å². The second-order valence-corrected chi connectivity index (χ2v) is 5.89. The SMILES string of the molecule is Nc1ccc(OCCS(=O)(=O)NCCOCCO)cc1. The Labute approximate surface area is 118 Å². The molecule has 1 rings (SSSR count). The third kappa shape index (κ3) is 7.29. The van der Waals surface area contributed by atoms with Crippen molar-refractivity contribution in [3.63, 3.8) is 0 Å². The predicted octanol–water partition coefficient (Wildman–Crippen LogP) is -0.424. The molecule has 0 bridgehead atoms. The summed E-state index contributed by atoms with van der Waals surface area (Å²) in [4.78, 5) is 0. The summed E-state index contributed by atoms with van der Waals surface area (Å²) in [5.41, 5.74) is 6.15. The molecule has 1 aromatic rings. The Morgan fingerprint density at radius 3 is 2.50 bits per heavy atom. The Balaban J connectivity index is 2.20. The van der Waals surface area contributed by atoms with E-state index >= 15 is 0 Å². The molecule has 0 saturated heterocycles. The molecule has 0 heterocycles. The first-order valence-electron chi connectivity index (χ1n) is 6.18. The van der Waals surface area contributed by atoms with Gasteiger partial charge in [-0.15, -0.1) is 0 Å². The van der Waals surface area contributed by atoms with Crippen LogP contribution in [0.2, 0.25) is 0 Å². The quantitative estimate of drug-likeness (QED) is 0.400. The average Bonchev–Trinajstić information content (AvgIpc) is 2.40. The molecule has 114 valence electrons. The zero-order valence-electron chi connectivity index (χ0n) is 11.1. The highest BCUT2D eigenvalue weighted by Gasteiger charge is 2.09. The normalized spacial score (nSPS) is 11.4. The maximum absolute atomic E-state index is 11.6. The number of benzene rings is 1. The predicted molar refractivity (Wildman–Crippen MR) is 76.0 cm³/mol. The van der Waals surface area contributed by atoms with Gasteiger partial charge in [0, 0.05) is 12.2 Å². The van der Waals surface area contributed by atoms with Crippen LogP contribution in [-0.4, -0.2) is 52.2 Å². The molecule has 0 saturated carbocycles. The van der Waals surface area contributed by atoms with E-state index in [4.69, 9.17) is 20.3 Å². The number of aliphatic hydroxyl groups excluding tert-OH is 1. The van der Waals surface area contributed by atoms with E-state index in [-0.39, 0.29) is 38.7 Å². The summed E-state index contributed by atoms with van der Waals surface area (Å²) in [6.45, 7) is 0.559. The van der Waals surface area contributed by atoms with Crippen molar-refractivity contribution in [1.82, 2.24) is 4.72 Å². The van der Waals surface area contributed by atoms with Gasteiger partial charge < -0.3 is 20.3 Å². The third-order valence-electron chi connectivity index (χ3n) is 2.30. The summed E-state index contributed by atoms with van der Waals surface area (Å²) in [7, 11) is -3.39. The number of ether oxygens (including phenoxy) is 2. The molecule has 1 aromatic carbocycles. The lowest BCUT2D eigenvalue weighted by Crippen LogP contribution is -2.31. The second-order valence-electron chi connectivity index (χ2n) is 3.97. The number of anilines is 1. The molecule has 8 heteroatoms. The van der Waals surface area contributed by atoms with E-state index in [0.29, 0.717) is 11.4 Å². The first kappa shape index (κ1) is 16.7. The Kier molecular flexibility index (Phi) is 7.31. The number of nitrogens with two attached hydrogens (primary N) is 1. The molecule has 0 amide bonds. The Bertz CT molecular complexity index is 475. The maximum atomic E-state index is 11.6. The lowest BCUT2D eigenvalue weighted by Gasteiger charge is -2.08. The zero-order chi connectivity index (χ0) is 14.8. The fourth-order valence-corrected chi connectivity index (χ4v) is 2.18. The summed E-state index contributed by atoms with van der Waals surface area (Å²) < 4.78 is 35.8. The summed E-state index contributed by atoms with van der Waals surface area (Å²) in [5, 5.41) is 8.48. The number of aliphatic hydroxyl groups is 1. The van der Waals surface area contributed by atoms with Crippen molar-refractivity contribution < 1.29 is 23.0 Å². The van der Waals surface area contributed by atoms with E-state index in [0.717, 1.165) is 0 Å². The van der Waals surface area contributed by atoms with E-state index in [1.165, 1.54) is 0 Å². The molecular weight excluding hydrogens is 284 g/mol. The van der Waals surface area contributed by atoms with Gasteiger partial charge in [-0.25, -0.2) is 13.1 Å². The molecule has 0 radical (unpaired) electrons. The van der Waals surface area contributed by atoms with Crippen molar-refractivity contribution in [1.29, 1.82) is 0 Å². The van der Waals surface area contributed by atoms with Crippen LogP contribution in [0.25, 0.3) is 0 Å². The smallest absolute Gasteiger partial charge is 0.215 e. The summed E-state index contributed by atoms with van der Waals surface area (Å²) in [6.07, 6.45) is 0. The van der Waals surface area contributed by atoms with Crippen LogP contribution in [0.3, 0.4) is 0 Å². The van der Waals surface area contributed by atoms with Crippen LogP contribution >= 0.6 is 0 Å². The van der Waals surface area contributed by atoms with Crippen molar-refractivity contribution in [3.8, 4) is 5.75 Å². The van der Waals surface area contributed by atoms with E-state index in [1.54, 1.807) is 24.3 Å². The maximum Gasteiger partial charge on any atom is 0.215 e. The number of nitrogen functional groups attached to an aromatic ring is 1. The number of hydrogen-bond donors (Lipinski definition) is 3. The molecule has 0 aliphatic carbocycles. The molecule has 0 aliphatic rings. The van der Waals surface area contributed by atoms with Crippen molar-refractivity contribution in [3.05, 3.63) is 24.3 Å². The van der Waals surface area contributed by atoms with Crippen LogP contribution in [0.4, 0.5) is 5.69 Å². The molecule has 0 atom stereocenters. The van der Waals surface area contributed by atoms with E-state index in [9.17, 15) is 8.42 Å². The van der Waals surface area contributed by atoms with Crippen molar-refractivity contribution in [2.75, 3.05) is 44.5 Å². The minimum absolute atomic E-state index is 0.0523. The van der Waals surface area contributed by atoms with Gasteiger partial charge in [0.25, 0.3) is 0 Å². The summed E-state index contributed by atoms with van der Waals surface area (Å²) in [6, 6.07) is 6.72. The third-order valence-corrected chi connectivity index (χ3v) is 3.65. The lowest BCUT2D eigenvalue weighted by atomic mass is 10.3. The molecule has 0 aromatic heterocycles. The molecular formula is C12H20N2O5S. The molecule has 4 N–H and O–H groups in total. The van der Waals surface area contributed by atoms with Gasteiger partial charge in [-0.2, -0.15) is 0 Å². The van der Waals surface area contributed by atoms with Gasteiger partial charge >= 0.3 is 0 Å². The average molecular weight is 304 g/mol. The van der Waals surface area contributed by atoms with Crippen LogP contribution in [0, 0.1) is 0 Å².